The van der Waals surface area contributed by atoms with Gasteiger partial charge >= 0.3 is 0 Å². The van der Waals surface area contributed by atoms with Crippen LogP contribution in [0.25, 0.3) is 6.08 Å². The van der Waals surface area contributed by atoms with Crippen molar-refractivity contribution < 1.29 is 4.79 Å². The van der Waals surface area contributed by atoms with E-state index in [1.807, 2.05) is 67.6 Å². The molecule has 0 unspecified atom stereocenters. The van der Waals surface area contributed by atoms with Crippen molar-refractivity contribution in [2.75, 3.05) is 0 Å². The maximum Gasteiger partial charge on any atom is 0.255 e. The van der Waals surface area contributed by atoms with Gasteiger partial charge in [-0.3, -0.25) is 4.79 Å². The second kappa shape index (κ2) is 5.82. The molecule has 0 spiro atoms. The molecule has 0 aliphatic heterocycles. The van der Waals surface area contributed by atoms with Gasteiger partial charge in [0.05, 0.1) is 0 Å². The summed E-state index contributed by atoms with van der Waals surface area (Å²) in [6.07, 6.45) is 3.54. The predicted octanol–water partition coefficient (Wildman–Crippen LogP) is 3.40. The predicted molar refractivity (Wildman–Crippen MR) is 74.1 cm³/mol. The Morgan fingerprint density at radius 3 is 2.39 bits per heavy atom. The third-order valence-electron chi connectivity index (χ3n) is 2.68. The van der Waals surface area contributed by atoms with Gasteiger partial charge in [-0.05, 0) is 30.2 Å². The van der Waals surface area contributed by atoms with Crippen LogP contribution >= 0.6 is 0 Å². The van der Waals surface area contributed by atoms with Gasteiger partial charge in [-0.15, -0.1) is 0 Å². The first-order valence-corrected chi connectivity index (χ1v) is 5.85. The molecule has 90 valence electrons. The molecule has 18 heavy (non-hydrogen) atoms. The third kappa shape index (κ3) is 3.08. The molecule has 0 aliphatic carbocycles. The van der Waals surface area contributed by atoms with Crippen molar-refractivity contribution in [3.8, 4) is 0 Å². The Bertz CT molecular complexity index is 558. The Kier molecular flexibility index (Phi) is 3.92. The molecule has 2 heteroatoms. The van der Waals surface area contributed by atoms with Gasteiger partial charge in [0.1, 0.15) is 0 Å². The molecule has 0 saturated heterocycles. The van der Waals surface area contributed by atoms with E-state index in [1.165, 1.54) is 0 Å². The number of carbonyl (C=O) groups excluding carboxylic acids is 1. The highest BCUT2D eigenvalue weighted by atomic mass is 16.1. The smallest absolute Gasteiger partial charge is 0.255 e. The lowest BCUT2D eigenvalue weighted by Gasteiger charge is -2.03. The number of hydrogen-bond donors (Lipinski definition) is 1. The SMILES string of the molecule is Cc1ccccc1C(=O)N/C=C/c1ccccc1. The highest BCUT2D eigenvalue weighted by Gasteiger charge is 2.05. The molecule has 2 nitrogen and oxygen atoms in total. The molecule has 0 aliphatic rings. The molecule has 1 amide bonds. The van der Waals surface area contributed by atoms with E-state index < -0.39 is 0 Å². The summed E-state index contributed by atoms with van der Waals surface area (Å²) in [5.41, 5.74) is 2.74. The molecule has 0 saturated carbocycles. The summed E-state index contributed by atoms with van der Waals surface area (Å²) in [6, 6.07) is 17.4. The van der Waals surface area contributed by atoms with Gasteiger partial charge in [0.2, 0.25) is 0 Å². The molecule has 0 aromatic heterocycles. The molecule has 0 atom stereocenters. The molecular formula is C16H15NO. The van der Waals surface area contributed by atoms with Crippen LogP contribution in [0.1, 0.15) is 21.5 Å². The van der Waals surface area contributed by atoms with Crippen LogP contribution in [0.5, 0.6) is 0 Å². The summed E-state index contributed by atoms with van der Waals surface area (Å²) in [4.78, 5) is 11.9. The summed E-state index contributed by atoms with van der Waals surface area (Å²) >= 11 is 0. The highest BCUT2D eigenvalue weighted by molar-refractivity contribution is 5.96. The van der Waals surface area contributed by atoms with E-state index in [0.29, 0.717) is 5.56 Å². The first kappa shape index (κ1) is 12.1. The molecular weight excluding hydrogens is 222 g/mol. The molecule has 2 aromatic rings. The summed E-state index contributed by atoms with van der Waals surface area (Å²) in [6.45, 7) is 1.93. The van der Waals surface area contributed by atoms with Crippen LogP contribution in [0, 0.1) is 6.92 Å². The van der Waals surface area contributed by atoms with Gasteiger partial charge in [-0.1, -0.05) is 48.5 Å². The van der Waals surface area contributed by atoms with Crippen LogP contribution in [0.15, 0.2) is 60.8 Å². The second-order valence-corrected chi connectivity index (χ2v) is 4.03. The summed E-state index contributed by atoms with van der Waals surface area (Å²) in [7, 11) is 0. The van der Waals surface area contributed by atoms with E-state index in [2.05, 4.69) is 5.32 Å². The monoisotopic (exact) mass is 237 g/mol. The Hall–Kier alpha value is -2.35. The van der Waals surface area contributed by atoms with Gasteiger partial charge in [0.15, 0.2) is 0 Å². The fourth-order valence-electron chi connectivity index (χ4n) is 1.68. The van der Waals surface area contributed by atoms with Gasteiger partial charge < -0.3 is 5.32 Å². The van der Waals surface area contributed by atoms with Crippen LogP contribution in [-0.2, 0) is 0 Å². The first-order chi connectivity index (χ1) is 8.77. The molecule has 0 heterocycles. The lowest BCUT2D eigenvalue weighted by molar-refractivity contribution is 0.0970. The topological polar surface area (TPSA) is 29.1 Å². The van der Waals surface area contributed by atoms with Crippen LogP contribution in [0.2, 0.25) is 0 Å². The summed E-state index contributed by atoms with van der Waals surface area (Å²) < 4.78 is 0. The Labute approximate surface area is 107 Å². The van der Waals surface area contributed by atoms with Crippen molar-refractivity contribution in [2.24, 2.45) is 0 Å². The average Bonchev–Trinajstić information content (AvgIpc) is 2.40. The maximum absolute atomic E-state index is 11.9. The van der Waals surface area contributed by atoms with Gasteiger partial charge in [0, 0.05) is 11.8 Å². The zero-order valence-corrected chi connectivity index (χ0v) is 10.3. The van der Waals surface area contributed by atoms with Crippen LogP contribution in [0.3, 0.4) is 0 Å². The second-order valence-electron chi connectivity index (χ2n) is 4.03. The number of carbonyl (C=O) groups is 1. The van der Waals surface area contributed by atoms with E-state index >= 15 is 0 Å². The number of amides is 1. The molecule has 0 radical (unpaired) electrons. The maximum atomic E-state index is 11.9. The Morgan fingerprint density at radius 1 is 1.00 bits per heavy atom. The zero-order chi connectivity index (χ0) is 12.8. The standard InChI is InChI=1S/C16H15NO/c1-13-7-5-6-10-15(13)16(18)17-12-11-14-8-3-2-4-9-14/h2-12H,1H3,(H,17,18)/b12-11+. The molecule has 2 aromatic carbocycles. The number of rotatable bonds is 3. The van der Waals surface area contributed by atoms with Gasteiger partial charge in [-0.25, -0.2) is 0 Å². The number of hydrogen-bond acceptors (Lipinski definition) is 1. The third-order valence-corrected chi connectivity index (χ3v) is 2.68. The van der Waals surface area contributed by atoms with E-state index in [1.54, 1.807) is 6.20 Å². The highest BCUT2D eigenvalue weighted by Crippen LogP contribution is 2.06. The summed E-state index contributed by atoms with van der Waals surface area (Å²) in [5, 5.41) is 2.77. The number of aryl methyl sites for hydroxylation is 1. The van der Waals surface area contributed by atoms with Crippen molar-refractivity contribution in [3.63, 3.8) is 0 Å². The molecule has 1 N–H and O–H groups in total. The number of benzene rings is 2. The Morgan fingerprint density at radius 2 is 1.67 bits per heavy atom. The first-order valence-electron chi connectivity index (χ1n) is 5.85. The van der Waals surface area contributed by atoms with Crippen LogP contribution in [0.4, 0.5) is 0 Å². The minimum absolute atomic E-state index is 0.0831. The minimum Gasteiger partial charge on any atom is -0.329 e. The summed E-state index contributed by atoms with van der Waals surface area (Å²) in [5.74, 6) is -0.0831. The minimum atomic E-state index is -0.0831. The lowest BCUT2D eigenvalue weighted by Crippen LogP contribution is -2.17. The van der Waals surface area contributed by atoms with Crippen molar-refractivity contribution in [1.82, 2.24) is 5.32 Å². The largest absolute Gasteiger partial charge is 0.329 e. The lowest BCUT2D eigenvalue weighted by atomic mass is 10.1. The van der Waals surface area contributed by atoms with Crippen molar-refractivity contribution in [1.29, 1.82) is 0 Å². The van der Waals surface area contributed by atoms with Gasteiger partial charge in [0.25, 0.3) is 5.91 Å². The van der Waals surface area contributed by atoms with Crippen molar-refractivity contribution >= 4 is 12.0 Å². The quantitative estimate of drug-likeness (QED) is 0.871. The van der Waals surface area contributed by atoms with E-state index in [-0.39, 0.29) is 5.91 Å². The van der Waals surface area contributed by atoms with E-state index in [0.717, 1.165) is 11.1 Å². The fourth-order valence-corrected chi connectivity index (χ4v) is 1.68. The van der Waals surface area contributed by atoms with Crippen LogP contribution in [-0.4, -0.2) is 5.91 Å². The van der Waals surface area contributed by atoms with E-state index in [4.69, 9.17) is 0 Å². The van der Waals surface area contributed by atoms with E-state index in [9.17, 15) is 4.79 Å². The molecule has 0 fully saturated rings. The normalized spacial score (nSPS) is 10.5. The fraction of sp³-hybridized carbons (Fsp3) is 0.0625. The average molecular weight is 237 g/mol. The molecule has 0 bridgehead atoms. The van der Waals surface area contributed by atoms with Crippen molar-refractivity contribution in [2.45, 2.75) is 6.92 Å². The zero-order valence-electron chi connectivity index (χ0n) is 10.3. The van der Waals surface area contributed by atoms with Crippen LogP contribution < -0.4 is 5.32 Å². The van der Waals surface area contributed by atoms with Crippen molar-refractivity contribution in [3.05, 3.63) is 77.5 Å². The number of nitrogens with one attached hydrogen (secondary N) is 1. The Balaban J connectivity index is 2.01. The molecule has 2 rings (SSSR count). The van der Waals surface area contributed by atoms with Gasteiger partial charge in [-0.2, -0.15) is 0 Å².